The highest BCUT2D eigenvalue weighted by Crippen LogP contribution is 2.12. The van der Waals surface area contributed by atoms with Gasteiger partial charge in [0.1, 0.15) is 5.82 Å². The minimum Gasteiger partial charge on any atom is -0.383 e. The molecule has 64 valence electrons. The number of carbonyl (C=O) groups is 1. The average Bonchev–Trinajstić information content (AvgIpc) is 1.96. The monoisotopic (exact) mass is 165 g/mol. The summed E-state index contributed by atoms with van der Waals surface area (Å²) in [6.07, 6.45) is 0. The summed E-state index contributed by atoms with van der Waals surface area (Å²) in [5.74, 6) is -0.0272. The van der Waals surface area contributed by atoms with Gasteiger partial charge in [-0.05, 0) is 25.5 Å². The molecule has 1 aromatic rings. The van der Waals surface area contributed by atoms with Gasteiger partial charge in [0.15, 0.2) is 0 Å². The number of hydrogen-bond acceptors (Lipinski definition) is 3. The molecule has 0 radical (unpaired) electrons. The van der Waals surface area contributed by atoms with Gasteiger partial charge in [0.2, 0.25) is 0 Å². The van der Waals surface area contributed by atoms with Crippen molar-refractivity contribution in [3.63, 3.8) is 0 Å². The van der Waals surface area contributed by atoms with Crippen molar-refractivity contribution in [2.45, 2.75) is 13.8 Å². The minimum absolute atomic E-state index is 0.432. The first-order chi connectivity index (χ1) is 5.52. The number of nitrogens with two attached hydrogens (primary N) is 2. The zero-order chi connectivity index (χ0) is 9.30. The van der Waals surface area contributed by atoms with E-state index in [9.17, 15) is 4.79 Å². The summed E-state index contributed by atoms with van der Waals surface area (Å²) in [6, 6.07) is 1.65. The van der Waals surface area contributed by atoms with Crippen LogP contribution in [0.2, 0.25) is 0 Å². The van der Waals surface area contributed by atoms with E-state index < -0.39 is 5.91 Å². The Bertz CT molecular complexity index is 333. The van der Waals surface area contributed by atoms with Gasteiger partial charge in [-0.2, -0.15) is 0 Å². The molecule has 4 heteroatoms. The third-order valence-corrected chi connectivity index (χ3v) is 1.71. The summed E-state index contributed by atoms with van der Waals surface area (Å²) < 4.78 is 0. The zero-order valence-electron chi connectivity index (χ0n) is 7.09. The molecule has 0 unspecified atom stereocenters. The van der Waals surface area contributed by atoms with Crippen LogP contribution < -0.4 is 11.5 Å². The highest BCUT2D eigenvalue weighted by molar-refractivity contribution is 5.94. The maximum Gasteiger partial charge on any atom is 0.250 e. The SMILES string of the molecule is Cc1cc(C(N)=O)c(C)nc1N. The number of aryl methyl sites for hydroxylation is 2. The number of nitrogen functional groups attached to an aromatic ring is 1. The van der Waals surface area contributed by atoms with Gasteiger partial charge in [0.05, 0.1) is 11.3 Å². The number of rotatable bonds is 1. The molecule has 0 spiro atoms. The first kappa shape index (κ1) is 8.52. The van der Waals surface area contributed by atoms with Crippen LogP contribution in [0.15, 0.2) is 6.07 Å². The summed E-state index contributed by atoms with van der Waals surface area (Å²) in [7, 11) is 0. The van der Waals surface area contributed by atoms with E-state index in [0.29, 0.717) is 17.1 Å². The lowest BCUT2D eigenvalue weighted by Gasteiger charge is -2.04. The molecule has 0 aliphatic carbocycles. The van der Waals surface area contributed by atoms with Crippen molar-refractivity contribution in [1.29, 1.82) is 0 Å². The zero-order valence-corrected chi connectivity index (χ0v) is 7.09. The molecule has 0 saturated carbocycles. The van der Waals surface area contributed by atoms with Crippen molar-refractivity contribution in [3.8, 4) is 0 Å². The summed E-state index contributed by atoms with van der Waals surface area (Å²) in [5, 5.41) is 0. The largest absolute Gasteiger partial charge is 0.383 e. The minimum atomic E-state index is -0.469. The van der Waals surface area contributed by atoms with Crippen LogP contribution in [0.4, 0.5) is 5.82 Å². The molecule has 0 aromatic carbocycles. The second-order valence-corrected chi connectivity index (χ2v) is 2.69. The lowest BCUT2D eigenvalue weighted by Crippen LogP contribution is -2.14. The predicted octanol–water partition coefficient (Wildman–Crippen LogP) is 0.380. The molecule has 0 aliphatic heterocycles. The molecular weight excluding hydrogens is 154 g/mol. The molecular formula is C8H11N3O. The Balaban J connectivity index is 3.33. The van der Waals surface area contributed by atoms with Crippen molar-refractivity contribution < 1.29 is 4.79 Å². The number of nitrogens with zero attached hydrogens (tertiary/aromatic N) is 1. The number of pyridine rings is 1. The van der Waals surface area contributed by atoms with Gasteiger partial charge >= 0.3 is 0 Å². The third kappa shape index (κ3) is 1.37. The number of carbonyl (C=O) groups excluding carboxylic acids is 1. The molecule has 1 aromatic heterocycles. The Morgan fingerprint density at radius 3 is 2.58 bits per heavy atom. The average molecular weight is 165 g/mol. The topological polar surface area (TPSA) is 82.0 Å². The van der Waals surface area contributed by atoms with Gasteiger partial charge in [-0.15, -0.1) is 0 Å². The van der Waals surface area contributed by atoms with E-state index in [1.807, 2.05) is 0 Å². The van der Waals surface area contributed by atoms with E-state index in [2.05, 4.69) is 4.98 Å². The van der Waals surface area contributed by atoms with Crippen LogP contribution >= 0.6 is 0 Å². The van der Waals surface area contributed by atoms with Gasteiger partial charge in [-0.1, -0.05) is 0 Å². The number of hydrogen-bond donors (Lipinski definition) is 2. The third-order valence-electron chi connectivity index (χ3n) is 1.71. The van der Waals surface area contributed by atoms with Gasteiger partial charge in [-0.25, -0.2) is 4.98 Å². The summed E-state index contributed by atoms with van der Waals surface area (Å²) in [6.45, 7) is 3.49. The van der Waals surface area contributed by atoms with Gasteiger partial charge in [0.25, 0.3) is 5.91 Å². The molecule has 0 atom stereocenters. The van der Waals surface area contributed by atoms with Gasteiger partial charge < -0.3 is 11.5 Å². The highest BCUT2D eigenvalue weighted by atomic mass is 16.1. The second kappa shape index (κ2) is 2.81. The quantitative estimate of drug-likeness (QED) is 0.631. The molecule has 1 heterocycles. The van der Waals surface area contributed by atoms with E-state index in [1.54, 1.807) is 19.9 Å². The number of aromatic nitrogens is 1. The molecule has 0 bridgehead atoms. The predicted molar refractivity (Wildman–Crippen MR) is 46.6 cm³/mol. The molecule has 0 aliphatic rings. The van der Waals surface area contributed by atoms with Gasteiger partial charge in [0, 0.05) is 0 Å². The van der Waals surface area contributed by atoms with E-state index >= 15 is 0 Å². The van der Waals surface area contributed by atoms with E-state index in [-0.39, 0.29) is 0 Å². The van der Waals surface area contributed by atoms with Crippen LogP contribution in [0.25, 0.3) is 0 Å². The van der Waals surface area contributed by atoms with Gasteiger partial charge in [-0.3, -0.25) is 4.79 Å². The van der Waals surface area contributed by atoms with Crippen LogP contribution in [0.5, 0.6) is 0 Å². The maximum absolute atomic E-state index is 10.8. The molecule has 4 nitrogen and oxygen atoms in total. The fourth-order valence-electron chi connectivity index (χ4n) is 0.973. The van der Waals surface area contributed by atoms with Crippen LogP contribution in [-0.2, 0) is 0 Å². The summed E-state index contributed by atoms with van der Waals surface area (Å²) in [5.41, 5.74) is 12.4. The van der Waals surface area contributed by atoms with Crippen LogP contribution in [0.3, 0.4) is 0 Å². The number of anilines is 1. The standard InChI is InChI=1S/C8H11N3O/c1-4-3-6(8(10)12)5(2)11-7(4)9/h3H,1-2H3,(H2,9,11)(H2,10,12). The van der Waals surface area contributed by atoms with Crippen molar-refractivity contribution in [1.82, 2.24) is 4.98 Å². The Morgan fingerprint density at radius 2 is 2.08 bits per heavy atom. The summed E-state index contributed by atoms with van der Waals surface area (Å²) in [4.78, 5) is 14.8. The maximum atomic E-state index is 10.8. The highest BCUT2D eigenvalue weighted by Gasteiger charge is 2.07. The van der Waals surface area contributed by atoms with E-state index in [0.717, 1.165) is 5.56 Å². The molecule has 0 fully saturated rings. The summed E-state index contributed by atoms with van der Waals surface area (Å²) >= 11 is 0. The normalized spacial score (nSPS) is 9.83. The molecule has 4 N–H and O–H groups in total. The molecule has 1 amide bonds. The van der Waals surface area contributed by atoms with Crippen molar-refractivity contribution >= 4 is 11.7 Å². The Hall–Kier alpha value is -1.58. The molecule has 12 heavy (non-hydrogen) atoms. The van der Waals surface area contributed by atoms with Crippen molar-refractivity contribution in [3.05, 3.63) is 22.9 Å². The molecule has 0 saturated heterocycles. The first-order valence-corrected chi connectivity index (χ1v) is 3.56. The van der Waals surface area contributed by atoms with Crippen LogP contribution in [-0.4, -0.2) is 10.9 Å². The smallest absolute Gasteiger partial charge is 0.250 e. The fraction of sp³-hybridized carbons (Fsp3) is 0.250. The number of primary amides is 1. The second-order valence-electron chi connectivity index (χ2n) is 2.69. The first-order valence-electron chi connectivity index (χ1n) is 3.56. The van der Waals surface area contributed by atoms with E-state index in [4.69, 9.17) is 11.5 Å². The van der Waals surface area contributed by atoms with Crippen LogP contribution in [0.1, 0.15) is 21.6 Å². The Kier molecular flexibility index (Phi) is 1.99. The fourth-order valence-corrected chi connectivity index (χ4v) is 0.973. The van der Waals surface area contributed by atoms with Crippen molar-refractivity contribution in [2.24, 2.45) is 5.73 Å². The number of amides is 1. The lowest BCUT2D eigenvalue weighted by molar-refractivity contribution is 0.0999. The Labute approximate surface area is 70.6 Å². The lowest BCUT2D eigenvalue weighted by atomic mass is 10.1. The van der Waals surface area contributed by atoms with Crippen LogP contribution in [0, 0.1) is 13.8 Å². The van der Waals surface area contributed by atoms with Crippen molar-refractivity contribution in [2.75, 3.05) is 5.73 Å². The van der Waals surface area contributed by atoms with E-state index in [1.165, 1.54) is 0 Å². The molecule has 1 rings (SSSR count). The Morgan fingerprint density at radius 1 is 1.50 bits per heavy atom.